The molecule has 0 atom stereocenters. The van der Waals surface area contributed by atoms with E-state index in [9.17, 15) is 4.79 Å². The van der Waals surface area contributed by atoms with Crippen LogP contribution in [0.1, 0.15) is 45.2 Å². The number of aromatic nitrogens is 3. The Labute approximate surface area is 172 Å². The van der Waals surface area contributed by atoms with E-state index in [1.165, 1.54) is 12.0 Å². The predicted octanol–water partition coefficient (Wildman–Crippen LogP) is 4.62. The first-order valence-corrected chi connectivity index (χ1v) is 10.4. The fourth-order valence-corrected chi connectivity index (χ4v) is 4.20. The number of carbonyl (C=O) groups is 1. The second kappa shape index (κ2) is 7.38. The third kappa shape index (κ3) is 4.40. The molecular formula is C24H30N4O. The highest BCUT2D eigenvalue weighted by Gasteiger charge is 2.28. The van der Waals surface area contributed by atoms with Crippen molar-refractivity contribution in [3.8, 4) is 11.3 Å². The van der Waals surface area contributed by atoms with Gasteiger partial charge in [0.1, 0.15) is 11.8 Å². The summed E-state index contributed by atoms with van der Waals surface area (Å²) in [7, 11) is 0. The molecule has 1 aromatic carbocycles. The highest BCUT2D eigenvalue weighted by molar-refractivity contribution is 5.78. The Kier molecular flexibility index (Phi) is 5.03. The number of hydrogen-bond donors (Lipinski definition) is 1. The first kappa shape index (κ1) is 19.8. The normalized spacial score (nSPS) is 17.1. The van der Waals surface area contributed by atoms with Gasteiger partial charge in [0.25, 0.3) is 0 Å². The van der Waals surface area contributed by atoms with Crippen LogP contribution in [0.3, 0.4) is 0 Å². The van der Waals surface area contributed by atoms with E-state index >= 15 is 0 Å². The van der Waals surface area contributed by atoms with Crippen LogP contribution in [0.25, 0.3) is 22.4 Å². The zero-order chi connectivity index (χ0) is 20.6. The van der Waals surface area contributed by atoms with Crippen LogP contribution in [0, 0.1) is 10.8 Å². The summed E-state index contributed by atoms with van der Waals surface area (Å²) in [6.07, 6.45) is 6.64. The third-order valence-electron chi connectivity index (χ3n) is 5.81. The Morgan fingerprint density at radius 1 is 1.31 bits per heavy atom. The number of aldehydes is 1. The van der Waals surface area contributed by atoms with Crippen LogP contribution < -0.4 is 0 Å². The summed E-state index contributed by atoms with van der Waals surface area (Å²) in [5, 5.41) is 0. The molecule has 3 aromatic rings. The molecule has 0 unspecified atom stereocenters. The lowest BCUT2D eigenvalue weighted by Gasteiger charge is -2.20. The van der Waals surface area contributed by atoms with Gasteiger partial charge >= 0.3 is 0 Å². The van der Waals surface area contributed by atoms with E-state index in [2.05, 4.69) is 53.0 Å². The summed E-state index contributed by atoms with van der Waals surface area (Å²) in [6.45, 7) is 11.8. The van der Waals surface area contributed by atoms with Gasteiger partial charge in [-0.05, 0) is 42.0 Å². The van der Waals surface area contributed by atoms with Crippen molar-refractivity contribution in [2.75, 3.05) is 13.1 Å². The van der Waals surface area contributed by atoms with Crippen LogP contribution in [-0.4, -0.2) is 39.2 Å². The van der Waals surface area contributed by atoms with E-state index in [-0.39, 0.29) is 0 Å². The lowest BCUT2D eigenvalue weighted by atomic mass is 9.88. The van der Waals surface area contributed by atoms with E-state index in [1.807, 2.05) is 26.2 Å². The molecule has 1 aliphatic heterocycles. The lowest BCUT2D eigenvalue weighted by Crippen LogP contribution is -2.22. The monoisotopic (exact) mass is 390 g/mol. The van der Waals surface area contributed by atoms with Gasteiger partial charge in [-0.2, -0.15) is 0 Å². The highest BCUT2D eigenvalue weighted by atomic mass is 16.1. The maximum Gasteiger partial charge on any atom is 0.156 e. The number of rotatable bonds is 6. The molecule has 1 aliphatic rings. The molecule has 1 N–H and O–H groups in total. The first-order chi connectivity index (χ1) is 13.7. The number of hydrogen-bond acceptors (Lipinski definition) is 4. The number of carbonyl (C=O) groups excluding carboxylic acids is 1. The first-order valence-electron chi connectivity index (χ1n) is 10.4. The third-order valence-corrected chi connectivity index (χ3v) is 5.81. The van der Waals surface area contributed by atoms with Crippen molar-refractivity contribution in [3.63, 3.8) is 0 Å². The van der Waals surface area contributed by atoms with Crippen molar-refractivity contribution in [2.24, 2.45) is 10.8 Å². The van der Waals surface area contributed by atoms with Gasteiger partial charge in [-0.1, -0.05) is 45.9 Å². The van der Waals surface area contributed by atoms with Crippen LogP contribution in [0.5, 0.6) is 0 Å². The van der Waals surface area contributed by atoms with Gasteiger partial charge in [0.2, 0.25) is 0 Å². The Bertz CT molecular complexity index is 1030. The van der Waals surface area contributed by atoms with E-state index in [1.54, 1.807) is 0 Å². The van der Waals surface area contributed by atoms with Gasteiger partial charge in [0.15, 0.2) is 5.65 Å². The van der Waals surface area contributed by atoms with Crippen molar-refractivity contribution >= 4 is 17.5 Å². The van der Waals surface area contributed by atoms with Crippen molar-refractivity contribution < 1.29 is 4.79 Å². The molecule has 0 saturated carbocycles. The van der Waals surface area contributed by atoms with Crippen LogP contribution in [0.15, 0.2) is 36.7 Å². The Morgan fingerprint density at radius 2 is 2.14 bits per heavy atom. The standard InChI is InChI=1S/C24H30N4O/c1-23(2)8-9-28(15-23)14-17-6-5-7-18(10-17)20-13-26-22-21(27-20)19(12-25-22)11-24(3,4)16-29/h5-7,10,12-13,16H,8-9,11,14-15H2,1-4H3,(H,25,26). The molecule has 2 aromatic heterocycles. The summed E-state index contributed by atoms with van der Waals surface area (Å²) in [5.74, 6) is 0. The molecule has 0 bridgehead atoms. The van der Waals surface area contributed by atoms with Crippen LogP contribution in [-0.2, 0) is 17.8 Å². The molecule has 29 heavy (non-hydrogen) atoms. The number of fused-ring (bicyclic) bond motifs is 1. The molecule has 1 saturated heterocycles. The van der Waals surface area contributed by atoms with Crippen LogP contribution in [0.4, 0.5) is 0 Å². The molecule has 0 radical (unpaired) electrons. The molecule has 5 nitrogen and oxygen atoms in total. The number of nitrogens with zero attached hydrogens (tertiary/aromatic N) is 3. The fourth-order valence-electron chi connectivity index (χ4n) is 4.20. The average molecular weight is 391 g/mol. The summed E-state index contributed by atoms with van der Waals surface area (Å²) in [4.78, 5) is 26.5. The number of likely N-dealkylation sites (tertiary alicyclic amines) is 1. The smallest absolute Gasteiger partial charge is 0.156 e. The summed E-state index contributed by atoms with van der Waals surface area (Å²) >= 11 is 0. The predicted molar refractivity (Wildman–Crippen MR) is 117 cm³/mol. The largest absolute Gasteiger partial charge is 0.345 e. The van der Waals surface area contributed by atoms with Gasteiger partial charge in [-0.3, -0.25) is 4.90 Å². The number of benzene rings is 1. The minimum Gasteiger partial charge on any atom is -0.345 e. The van der Waals surface area contributed by atoms with Crippen LogP contribution in [0.2, 0.25) is 0 Å². The Balaban J connectivity index is 1.60. The lowest BCUT2D eigenvalue weighted by molar-refractivity contribution is -0.114. The molecule has 3 heterocycles. The van der Waals surface area contributed by atoms with Crippen LogP contribution >= 0.6 is 0 Å². The molecule has 152 valence electrons. The highest BCUT2D eigenvalue weighted by Crippen LogP contribution is 2.30. The summed E-state index contributed by atoms with van der Waals surface area (Å²) in [6, 6.07) is 8.61. The van der Waals surface area contributed by atoms with E-state index < -0.39 is 5.41 Å². The minimum absolute atomic E-state index is 0.411. The maximum atomic E-state index is 11.3. The fraction of sp³-hybridized carbons (Fsp3) is 0.458. The second-order valence-corrected chi connectivity index (χ2v) is 9.87. The van der Waals surface area contributed by atoms with Gasteiger partial charge in [0, 0.05) is 30.3 Å². The van der Waals surface area contributed by atoms with E-state index in [0.717, 1.165) is 53.9 Å². The zero-order valence-corrected chi connectivity index (χ0v) is 17.8. The zero-order valence-electron chi connectivity index (χ0n) is 17.8. The molecule has 0 amide bonds. The molecule has 1 fully saturated rings. The van der Waals surface area contributed by atoms with Gasteiger partial charge in [-0.15, -0.1) is 0 Å². The molecule has 0 spiro atoms. The van der Waals surface area contributed by atoms with Crippen molar-refractivity contribution in [3.05, 3.63) is 47.8 Å². The topological polar surface area (TPSA) is 61.9 Å². The van der Waals surface area contributed by atoms with Gasteiger partial charge in [0.05, 0.1) is 11.9 Å². The van der Waals surface area contributed by atoms with Crippen molar-refractivity contribution in [1.29, 1.82) is 0 Å². The number of aromatic amines is 1. The number of H-pyrrole nitrogens is 1. The van der Waals surface area contributed by atoms with Crippen molar-refractivity contribution in [1.82, 2.24) is 19.9 Å². The van der Waals surface area contributed by atoms with E-state index in [4.69, 9.17) is 4.98 Å². The van der Waals surface area contributed by atoms with Gasteiger partial charge in [-0.25, -0.2) is 9.97 Å². The SMILES string of the molecule is CC(C)(C=O)Cc1c[nH]c2ncc(-c3cccc(CN4CCC(C)(C)C4)c3)nc12. The summed E-state index contributed by atoms with van der Waals surface area (Å²) in [5.41, 5.74) is 5.89. The molecule has 0 aliphatic carbocycles. The molecule has 5 heteroatoms. The molecular weight excluding hydrogens is 360 g/mol. The minimum atomic E-state index is -0.420. The Hall–Kier alpha value is -2.53. The quantitative estimate of drug-likeness (QED) is 0.624. The second-order valence-electron chi connectivity index (χ2n) is 9.87. The average Bonchev–Trinajstić information content (AvgIpc) is 3.23. The van der Waals surface area contributed by atoms with Gasteiger partial charge < -0.3 is 9.78 Å². The van der Waals surface area contributed by atoms with Crippen molar-refractivity contribution in [2.45, 2.75) is 47.1 Å². The molecule has 4 rings (SSSR count). The van der Waals surface area contributed by atoms with E-state index in [0.29, 0.717) is 11.8 Å². The number of nitrogens with one attached hydrogen (secondary N) is 1. The maximum absolute atomic E-state index is 11.3. The Morgan fingerprint density at radius 3 is 2.86 bits per heavy atom. The summed E-state index contributed by atoms with van der Waals surface area (Å²) < 4.78 is 0.